The number of aromatic nitrogens is 1. The molecule has 1 atom stereocenters. The van der Waals surface area contributed by atoms with Gasteiger partial charge < -0.3 is 10.1 Å². The van der Waals surface area contributed by atoms with E-state index < -0.39 is 5.82 Å². The monoisotopic (exact) mass is 270 g/mol. The normalized spacial score (nSPS) is 11.7. The highest BCUT2D eigenvalue weighted by atomic mass is 19.1. The van der Waals surface area contributed by atoms with Crippen molar-refractivity contribution in [3.8, 4) is 11.5 Å². The van der Waals surface area contributed by atoms with Crippen molar-refractivity contribution in [2.45, 2.75) is 12.7 Å². The minimum Gasteiger partial charge on any atom is -0.456 e. The number of benzene rings is 1. The van der Waals surface area contributed by atoms with Crippen LogP contribution in [0.3, 0.4) is 0 Å². The molecule has 0 bridgehead atoms. The first kappa shape index (κ1) is 14.1. The molecule has 4 nitrogen and oxygen atoms in total. The SMILES string of the molecule is [B]C(C)C(=O)Nc1ccc(Oc2ccc(F)cc2)cn1. The van der Waals surface area contributed by atoms with Gasteiger partial charge in [-0.2, -0.15) is 0 Å². The highest BCUT2D eigenvalue weighted by Crippen LogP contribution is 2.21. The van der Waals surface area contributed by atoms with E-state index in [1.165, 1.54) is 30.5 Å². The average molecular weight is 270 g/mol. The zero-order valence-electron chi connectivity index (χ0n) is 10.8. The maximum atomic E-state index is 12.7. The molecule has 0 aliphatic carbocycles. The van der Waals surface area contributed by atoms with Crippen molar-refractivity contribution < 1.29 is 13.9 Å². The summed E-state index contributed by atoms with van der Waals surface area (Å²) in [5.41, 5.74) is 0. The quantitative estimate of drug-likeness (QED) is 0.869. The first-order chi connectivity index (χ1) is 9.54. The van der Waals surface area contributed by atoms with E-state index in [2.05, 4.69) is 10.3 Å². The van der Waals surface area contributed by atoms with Crippen LogP contribution in [0.15, 0.2) is 42.6 Å². The van der Waals surface area contributed by atoms with E-state index in [4.69, 9.17) is 12.6 Å². The molecule has 1 aromatic heterocycles. The summed E-state index contributed by atoms with van der Waals surface area (Å²) in [6.07, 6.45) is 1.46. The second kappa shape index (κ2) is 6.19. The average Bonchev–Trinajstić information content (AvgIpc) is 2.43. The molecule has 1 heterocycles. The van der Waals surface area contributed by atoms with E-state index in [9.17, 15) is 9.18 Å². The van der Waals surface area contributed by atoms with E-state index in [1.807, 2.05) is 0 Å². The van der Waals surface area contributed by atoms with Crippen LogP contribution < -0.4 is 10.1 Å². The van der Waals surface area contributed by atoms with Crippen LogP contribution in [0.2, 0.25) is 5.82 Å². The number of ether oxygens (including phenoxy) is 1. The summed E-state index contributed by atoms with van der Waals surface area (Å²) in [4.78, 5) is 15.4. The third-order valence-electron chi connectivity index (χ3n) is 2.45. The van der Waals surface area contributed by atoms with Gasteiger partial charge >= 0.3 is 0 Å². The Bertz CT molecular complexity index is 585. The fourth-order valence-electron chi connectivity index (χ4n) is 1.39. The Labute approximate surface area is 117 Å². The van der Waals surface area contributed by atoms with Gasteiger partial charge in [0.05, 0.1) is 14.0 Å². The summed E-state index contributed by atoms with van der Waals surface area (Å²) in [6, 6.07) is 8.88. The molecule has 1 aromatic carbocycles. The highest BCUT2D eigenvalue weighted by Gasteiger charge is 2.07. The van der Waals surface area contributed by atoms with Crippen molar-refractivity contribution in [1.82, 2.24) is 4.98 Å². The predicted octanol–water partition coefficient (Wildman–Crippen LogP) is 2.93. The highest BCUT2D eigenvalue weighted by molar-refractivity contribution is 6.25. The van der Waals surface area contributed by atoms with Gasteiger partial charge in [0.2, 0.25) is 5.91 Å². The molecule has 0 saturated carbocycles. The fraction of sp³-hybridized carbons (Fsp3) is 0.143. The van der Waals surface area contributed by atoms with Crippen LogP contribution in [-0.4, -0.2) is 18.7 Å². The number of rotatable bonds is 4. The molecule has 1 unspecified atom stereocenters. The van der Waals surface area contributed by atoms with E-state index in [-0.39, 0.29) is 11.7 Å². The third-order valence-corrected chi connectivity index (χ3v) is 2.45. The summed E-state index contributed by atoms with van der Waals surface area (Å²) in [5.74, 6) is 0.121. The van der Waals surface area contributed by atoms with Gasteiger partial charge in [0, 0.05) is 0 Å². The lowest BCUT2D eigenvalue weighted by atomic mass is 9.89. The van der Waals surface area contributed by atoms with Crippen LogP contribution in [0.4, 0.5) is 10.2 Å². The summed E-state index contributed by atoms with van der Waals surface area (Å²) in [5, 5.41) is 2.56. The molecule has 2 rings (SSSR count). The topological polar surface area (TPSA) is 51.2 Å². The van der Waals surface area contributed by atoms with E-state index in [0.29, 0.717) is 17.3 Å². The fourth-order valence-corrected chi connectivity index (χ4v) is 1.39. The summed E-state index contributed by atoms with van der Waals surface area (Å²) < 4.78 is 18.2. The van der Waals surface area contributed by atoms with Crippen LogP contribution in [0, 0.1) is 5.82 Å². The van der Waals surface area contributed by atoms with Gasteiger partial charge in [-0.15, -0.1) is 0 Å². The number of amides is 1. The van der Waals surface area contributed by atoms with Crippen molar-refractivity contribution in [3.63, 3.8) is 0 Å². The minimum absolute atomic E-state index is 0.315. The first-order valence-electron chi connectivity index (χ1n) is 6.00. The van der Waals surface area contributed by atoms with E-state index in [1.54, 1.807) is 19.1 Å². The number of nitrogens with one attached hydrogen (secondary N) is 1. The Morgan fingerprint density at radius 2 is 1.90 bits per heavy atom. The second-order valence-electron chi connectivity index (χ2n) is 4.21. The lowest BCUT2D eigenvalue weighted by Crippen LogP contribution is -2.16. The van der Waals surface area contributed by atoms with Crippen LogP contribution in [0.5, 0.6) is 11.5 Å². The Hall–Kier alpha value is -2.37. The van der Waals surface area contributed by atoms with E-state index in [0.717, 1.165) is 0 Å². The molecule has 0 fully saturated rings. The van der Waals surface area contributed by atoms with Crippen LogP contribution in [-0.2, 0) is 4.79 Å². The summed E-state index contributed by atoms with van der Waals surface area (Å²) >= 11 is 0. The lowest BCUT2D eigenvalue weighted by Gasteiger charge is -2.08. The number of carbonyl (C=O) groups is 1. The number of halogens is 1. The molecular weight excluding hydrogens is 258 g/mol. The molecule has 1 amide bonds. The van der Waals surface area contributed by atoms with Gasteiger partial charge in [-0.25, -0.2) is 9.37 Å². The molecule has 0 spiro atoms. The van der Waals surface area contributed by atoms with Gasteiger partial charge in [-0.3, -0.25) is 4.79 Å². The number of nitrogens with zero attached hydrogens (tertiary/aromatic N) is 1. The molecule has 2 aromatic rings. The van der Waals surface area contributed by atoms with Gasteiger partial charge in [-0.1, -0.05) is 6.92 Å². The van der Waals surface area contributed by atoms with Gasteiger partial charge in [-0.05, 0) is 42.2 Å². The Morgan fingerprint density at radius 1 is 1.25 bits per heavy atom. The first-order valence-corrected chi connectivity index (χ1v) is 6.00. The predicted molar refractivity (Wildman–Crippen MR) is 74.5 cm³/mol. The lowest BCUT2D eigenvalue weighted by molar-refractivity contribution is -0.115. The summed E-state index contributed by atoms with van der Waals surface area (Å²) in [6.45, 7) is 1.58. The largest absolute Gasteiger partial charge is 0.456 e. The molecule has 0 aliphatic heterocycles. The van der Waals surface area contributed by atoms with Crippen molar-refractivity contribution in [2.24, 2.45) is 0 Å². The number of anilines is 1. The standard InChI is InChI=1S/C14H12BFN2O2/c1-9(15)14(19)18-13-7-6-12(8-17-13)20-11-4-2-10(16)3-5-11/h2-9H,1H3,(H,17,18,19). The molecule has 6 heteroatoms. The molecule has 2 radical (unpaired) electrons. The zero-order chi connectivity index (χ0) is 14.5. The van der Waals surface area contributed by atoms with Crippen molar-refractivity contribution >= 4 is 19.6 Å². The molecule has 0 saturated heterocycles. The van der Waals surface area contributed by atoms with Crippen LogP contribution in [0.1, 0.15) is 6.92 Å². The van der Waals surface area contributed by atoms with Crippen LogP contribution in [0.25, 0.3) is 0 Å². The minimum atomic E-state index is -0.605. The molecule has 20 heavy (non-hydrogen) atoms. The van der Waals surface area contributed by atoms with Crippen LogP contribution >= 0.6 is 0 Å². The number of hydrogen-bond donors (Lipinski definition) is 1. The number of carbonyl (C=O) groups excluding carboxylic acids is 1. The Balaban J connectivity index is 2.01. The maximum Gasteiger partial charge on any atom is 0.219 e. The summed E-state index contributed by atoms with van der Waals surface area (Å²) in [7, 11) is 5.43. The Morgan fingerprint density at radius 3 is 2.45 bits per heavy atom. The molecular formula is C14H12BFN2O2. The smallest absolute Gasteiger partial charge is 0.219 e. The molecule has 1 N–H and O–H groups in total. The molecule has 100 valence electrons. The number of pyridine rings is 1. The molecule has 0 aliphatic rings. The van der Waals surface area contributed by atoms with Crippen molar-refractivity contribution in [2.75, 3.05) is 5.32 Å². The Kier molecular flexibility index (Phi) is 4.35. The van der Waals surface area contributed by atoms with E-state index >= 15 is 0 Å². The number of hydrogen-bond acceptors (Lipinski definition) is 3. The van der Waals surface area contributed by atoms with Gasteiger partial charge in [0.25, 0.3) is 0 Å². The van der Waals surface area contributed by atoms with Gasteiger partial charge in [0.15, 0.2) is 0 Å². The maximum absolute atomic E-state index is 12.7. The third kappa shape index (κ3) is 3.81. The van der Waals surface area contributed by atoms with Gasteiger partial charge in [0.1, 0.15) is 23.1 Å². The van der Waals surface area contributed by atoms with Crippen molar-refractivity contribution in [3.05, 3.63) is 48.4 Å². The second-order valence-corrected chi connectivity index (χ2v) is 4.21. The van der Waals surface area contributed by atoms with Crippen molar-refractivity contribution in [1.29, 1.82) is 0 Å². The zero-order valence-corrected chi connectivity index (χ0v) is 10.8.